The van der Waals surface area contributed by atoms with Crippen LogP contribution in [0.1, 0.15) is 5.56 Å². The third-order valence-electron chi connectivity index (χ3n) is 3.22. The normalized spacial score (nSPS) is 10.5. The lowest BCUT2D eigenvalue weighted by Gasteiger charge is -2.11. The Morgan fingerprint density at radius 3 is 2.61 bits per heavy atom. The van der Waals surface area contributed by atoms with Gasteiger partial charge in [-0.05, 0) is 42.8 Å². The Hall–Kier alpha value is -1.82. The van der Waals surface area contributed by atoms with E-state index >= 15 is 0 Å². The fourth-order valence-corrected chi connectivity index (χ4v) is 2.97. The van der Waals surface area contributed by atoms with Gasteiger partial charge in [0.2, 0.25) is 5.91 Å². The molecule has 0 aliphatic heterocycles. The molecule has 2 aromatic carbocycles. The number of ether oxygens (including phenoxy) is 1. The lowest BCUT2D eigenvalue weighted by atomic mass is 10.2. The van der Waals surface area contributed by atoms with E-state index in [-0.39, 0.29) is 12.5 Å². The zero-order valence-corrected chi connectivity index (χ0v) is 14.3. The molecule has 0 heterocycles. The van der Waals surface area contributed by atoms with Crippen molar-refractivity contribution in [2.45, 2.75) is 16.7 Å². The van der Waals surface area contributed by atoms with Gasteiger partial charge in [0.15, 0.2) is 0 Å². The zero-order valence-electron chi connectivity index (χ0n) is 13.5. The number of nitrogens with one attached hydrogen (secondary N) is 2. The summed E-state index contributed by atoms with van der Waals surface area (Å²) in [5.41, 5.74) is 1.90. The van der Waals surface area contributed by atoms with Gasteiger partial charge in [-0.2, -0.15) is 0 Å². The number of amides is 1. The van der Waals surface area contributed by atoms with Crippen LogP contribution in [0.4, 0.5) is 5.69 Å². The second kappa shape index (κ2) is 9.35. The molecular weight excluding hydrogens is 308 g/mol. The van der Waals surface area contributed by atoms with Gasteiger partial charge in [-0.25, -0.2) is 0 Å². The molecule has 0 saturated carbocycles. The van der Waals surface area contributed by atoms with Gasteiger partial charge in [0.1, 0.15) is 0 Å². The highest BCUT2D eigenvalue weighted by Gasteiger charge is 2.06. The molecular formula is C18H22N2O2S. The van der Waals surface area contributed by atoms with Crippen molar-refractivity contribution in [1.29, 1.82) is 0 Å². The molecule has 122 valence electrons. The summed E-state index contributed by atoms with van der Waals surface area (Å²) in [4.78, 5) is 14.2. The smallest absolute Gasteiger partial charge is 0.238 e. The average Bonchev–Trinajstić information content (AvgIpc) is 2.55. The molecule has 0 spiro atoms. The van der Waals surface area contributed by atoms with Gasteiger partial charge in [0, 0.05) is 29.1 Å². The van der Waals surface area contributed by atoms with Crippen molar-refractivity contribution in [2.75, 3.05) is 32.1 Å². The third-order valence-corrected chi connectivity index (χ3v) is 4.22. The SMILES string of the molecule is COCCNCC(=O)Nc1ccc(Sc2ccccc2)cc1C. The van der Waals surface area contributed by atoms with Gasteiger partial charge in [-0.3, -0.25) is 4.79 Å². The number of benzene rings is 2. The van der Waals surface area contributed by atoms with Crippen LogP contribution in [-0.2, 0) is 9.53 Å². The molecule has 2 rings (SSSR count). The van der Waals surface area contributed by atoms with Crippen LogP contribution < -0.4 is 10.6 Å². The van der Waals surface area contributed by atoms with Gasteiger partial charge in [0.25, 0.3) is 0 Å². The molecule has 23 heavy (non-hydrogen) atoms. The Labute approximate surface area is 141 Å². The van der Waals surface area contributed by atoms with E-state index in [1.807, 2.05) is 37.3 Å². The van der Waals surface area contributed by atoms with Crippen LogP contribution in [-0.4, -0.2) is 32.7 Å². The van der Waals surface area contributed by atoms with E-state index in [1.165, 1.54) is 4.90 Å². The molecule has 0 aliphatic rings. The molecule has 5 heteroatoms. The van der Waals surface area contributed by atoms with Crippen LogP contribution in [0.3, 0.4) is 0 Å². The third kappa shape index (κ3) is 6.06. The number of hydrogen-bond donors (Lipinski definition) is 2. The van der Waals surface area contributed by atoms with Crippen molar-refractivity contribution in [2.24, 2.45) is 0 Å². The molecule has 0 aromatic heterocycles. The molecule has 2 aromatic rings. The van der Waals surface area contributed by atoms with Crippen molar-refractivity contribution < 1.29 is 9.53 Å². The van der Waals surface area contributed by atoms with E-state index in [9.17, 15) is 4.79 Å². The topological polar surface area (TPSA) is 50.4 Å². The average molecular weight is 330 g/mol. The zero-order chi connectivity index (χ0) is 16.5. The Morgan fingerprint density at radius 2 is 1.91 bits per heavy atom. The summed E-state index contributed by atoms with van der Waals surface area (Å²) in [6, 6.07) is 16.3. The standard InChI is InChI=1S/C18H22N2O2S/c1-14-12-16(23-15-6-4-3-5-7-15)8-9-17(14)20-18(21)13-19-10-11-22-2/h3-9,12,19H,10-11,13H2,1-2H3,(H,20,21). The van der Waals surface area contributed by atoms with E-state index in [4.69, 9.17) is 4.74 Å². The number of carbonyl (C=O) groups excluding carboxylic acids is 1. The Morgan fingerprint density at radius 1 is 1.13 bits per heavy atom. The molecule has 0 unspecified atom stereocenters. The van der Waals surface area contributed by atoms with Crippen molar-refractivity contribution in [3.63, 3.8) is 0 Å². The first-order valence-corrected chi connectivity index (χ1v) is 8.34. The van der Waals surface area contributed by atoms with E-state index in [2.05, 4.69) is 28.8 Å². The number of rotatable bonds is 8. The van der Waals surface area contributed by atoms with Gasteiger partial charge < -0.3 is 15.4 Å². The minimum atomic E-state index is -0.0485. The molecule has 0 aliphatic carbocycles. The highest BCUT2D eigenvalue weighted by Crippen LogP contribution is 2.30. The molecule has 0 atom stereocenters. The van der Waals surface area contributed by atoms with Crippen LogP contribution >= 0.6 is 11.8 Å². The lowest BCUT2D eigenvalue weighted by Crippen LogP contribution is -2.30. The predicted molar refractivity (Wildman–Crippen MR) is 95.1 cm³/mol. The summed E-state index contributed by atoms with van der Waals surface area (Å²) in [6.07, 6.45) is 0. The molecule has 0 bridgehead atoms. The number of carbonyl (C=O) groups is 1. The molecule has 0 radical (unpaired) electrons. The largest absolute Gasteiger partial charge is 0.383 e. The van der Waals surface area contributed by atoms with E-state index in [0.717, 1.165) is 16.1 Å². The van der Waals surface area contributed by atoms with Crippen LogP contribution in [0.25, 0.3) is 0 Å². The van der Waals surface area contributed by atoms with Crippen LogP contribution in [0.2, 0.25) is 0 Å². The summed E-state index contributed by atoms with van der Waals surface area (Å²) in [7, 11) is 1.64. The van der Waals surface area contributed by atoms with Gasteiger partial charge in [-0.15, -0.1) is 0 Å². The van der Waals surface area contributed by atoms with E-state index in [1.54, 1.807) is 18.9 Å². The quantitative estimate of drug-likeness (QED) is 0.729. The minimum Gasteiger partial charge on any atom is -0.383 e. The van der Waals surface area contributed by atoms with Crippen molar-refractivity contribution >= 4 is 23.4 Å². The first-order chi connectivity index (χ1) is 11.2. The highest BCUT2D eigenvalue weighted by atomic mass is 32.2. The second-order valence-electron chi connectivity index (χ2n) is 5.11. The Bertz CT molecular complexity index is 632. The van der Waals surface area contributed by atoms with Crippen molar-refractivity contribution in [3.8, 4) is 0 Å². The van der Waals surface area contributed by atoms with Gasteiger partial charge in [-0.1, -0.05) is 30.0 Å². The molecule has 2 N–H and O–H groups in total. The Kier molecular flexibility index (Phi) is 7.13. The van der Waals surface area contributed by atoms with Gasteiger partial charge in [0.05, 0.1) is 13.2 Å². The maximum atomic E-state index is 11.9. The summed E-state index contributed by atoms with van der Waals surface area (Å²) >= 11 is 1.71. The summed E-state index contributed by atoms with van der Waals surface area (Å²) in [5.74, 6) is -0.0485. The van der Waals surface area contributed by atoms with Gasteiger partial charge >= 0.3 is 0 Å². The number of hydrogen-bond acceptors (Lipinski definition) is 4. The summed E-state index contributed by atoms with van der Waals surface area (Å²) in [6.45, 7) is 3.54. The molecule has 1 amide bonds. The fourth-order valence-electron chi connectivity index (χ4n) is 2.04. The van der Waals surface area contributed by atoms with E-state index < -0.39 is 0 Å². The van der Waals surface area contributed by atoms with Crippen LogP contribution in [0.15, 0.2) is 58.3 Å². The van der Waals surface area contributed by atoms with E-state index in [0.29, 0.717) is 13.2 Å². The number of methoxy groups -OCH3 is 1. The predicted octanol–water partition coefficient (Wildman–Crippen LogP) is 3.32. The monoisotopic (exact) mass is 330 g/mol. The summed E-state index contributed by atoms with van der Waals surface area (Å²) in [5, 5.41) is 5.96. The first-order valence-electron chi connectivity index (χ1n) is 7.52. The number of aryl methyl sites for hydroxylation is 1. The van der Waals surface area contributed by atoms with Crippen LogP contribution in [0, 0.1) is 6.92 Å². The lowest BCUT2D eigenvalue weighted by molar-refractivity contribution is -0.115. The minimum absolute atomic E-state index is 0.0485. The number of anilines is 1. The fraction of sp³-hybridized carbons (Fsp3) is 0.278. The first kappa shape index (κ1) is 17.5. The molecule has 0 saturated heterocycles. The van der Waals surface area contributed by atoms with Crippen molar-refractivity contribution in [3.05, 3.63) is 54.1 Å². The maximum absolute atomic E-state index is 11.9. The molecule has 4 nitrogen and oxygen atoms in total. The van der Waals surface area contributed by atoms with Crippen LogP contribution in [0.5, 0.6) is 0 Å². The highest BCUT2D eigenvalue weighted by molar-refractivity contribution is 7.99. The summed E-state index contributed by atoms with van der Waals surface area (Å²) < 4.78 is 4.93. The Balaban J connectivity index is 1.90. The maximum Gasteiger partial charge on any atom is 0.238 e. The van der Waals surface area contributed by atoms with Crippen molar-refractivity contribution in [1.82, 2.24) is 5.32 Å². The molecule has 0 fully saturated rings. The second-order valence-corrected chi connectivity index (χ2v) is 6.26.